The summed E-state index contributed by atoms with van der Waals surface area (Å²) in [6, 6.07) is 8.19. The summed E-state index contributed by atoms with van der Waals surface area (Å²) in [4.78, 5) is 0. The first-order chi connectivity index (χ1) is 7.77. The molecule has 3 nitrogen and oxygen atoms in total. The van der Waals surface area contributed by atoms with E-state index in [1.165, 1.54) is 5.56 Å². The van der Waals surface area contributed by atoms with Crippen molar-refractivity contribution < 1.29 is 9.47 Å². The number of rotatable bonds is 7. The Bertz CT molecular complexity index is 290. The van der Waals surface area contributed by atoms with Gasteiger partial charge >= 0.3 is 0 Å². The highest BCUT2D eigenvalue weighted by Gasteiger charge is 2.10. The lowest BCUT2D eigenvalue weighted by molar-refractivity contribution is 0.0175. The fourth-order valence-corrected chi connectivity index (χ4v) is 1.67. The van der Waals surface area contributed by atoms with E-state index in [2.05, 4.69) is 33.4 Å². The number of ether oxygens (including phenoxy) is 2. The first-order valence-electron chi connectivity index (χ1n) is 5.28. The summed E-state index contributed by atoms with van der Waals surface area (Å²) < 4.78 is 11.8. The van der Waals surface area contributed by atoms with Crippen LogP contribution in [0.3, 0.4) is 0 Å². The molecule has 0 bridgehead atoms. The van der Waals surface area contributed by atoms with Crippen molar-refractivity contribution in [3.8, 4) is 0 Å². The number of hydrogen-bond acceptors (Lipinski definition) is 3. The van der Waals surface area contributed by atoms with Crippen LogP contribution in [0.25, 0.3) is 0 Å². The Labute approximate surface area is 105 Å². The monoisotopic (exact) mass is 287 g/mol. The van der Waals surface area contributed by atoms with Crippen LogP contribution in [0.1, 0.15) is 11.7 Å². The maximum Gasteiger partial charge on any atom is 0.0950 e. The number of nitrogens with one attached hydrogen (secondary N) is 1. The predicted molar refractivity (Wildman–Crippen MR) is 68.6 cm³/mol. The molecule has 0 saturated carbocycles. The average Bonchev–Trinajstić information content (AvgIpc) is 2.29. The van der Waals surface area contributed by atoms with Crippen LogP contribution in [0.4, 0.5) is 0 Å². The van der Waals surface area contributed by atoms with Gasteiger partial charge in [-0.3, -0.25) is 0 Å². The van der Waals surface area contributed by atoms with Crippen molar-refractivity contribution in [2.45, 2.75) is 6.10 Å². The molecule has 1 unspecified atom stereocenters. The molecule has 1 aromatic rings. The van der Waals surface area contributed by atoms with Gasteiger partial charge in [0.1, 0.15) is 0 Å². The highest BCUT2D eigenvalue weighted by atomic mass is 79.9. The number of benzene rings is 1. The van der Waals surface area contributed by atoms with Crippen molar-refractivity contribution in [2.24, 2.45) is 0 Å². The third-order valence-electron chi connectivity index (χ3n) is 2.24. The van der Waals surface area contributed by atoms with Gasteiger partial charge in [-0.05, 0) is 24.7 Å². The minimum atomic E-state index is 0.0771. The standard InChI is InChI=1S/C12H18BrNO2/c1-14-9-12(16-8-7-15-2)10-3-5-11(13)6-4-10/h3-6,12,14H,7-9H2,1-2H3. The highest BCUT2D eigenvalue weighted by Crippen LogP contribution is 2.19. The zero-order valence-corrected chi connectivity index (χ0v) is 11.3. The molecule has 0 radical (unpaired) electrons. The van der Waals surface area contributed by atoms with Crippen LogP contribution in [0, 0.1) is 0 Å². The molecule has 4 heteroatoms. The first kappa shape index (κ1) is 13.6. The zero-order valence-electron chi connectivity index (χ0n) is 9.70. The van der Waals surface area contributed by atoms with Gasteiger partial charge in [0.25, 0.3) is 0 Å². The van der Waals surface area contributed by atoms with E-state index < -0.39 is 0 Å². The number of likely N-dealkylation sites (N-methyl/N-ethyl adjacent to an activating group) is 1. The van der Waals surface area contributed by atoms with Gasteiger partial charge in [-0.15, -0.1) is 0 Å². The molecule has 0 saturated heterocycles. The normalized spacial score (nSPS) is 12.7. The van der Waals surface area contributed by atoms with Crippen molar-refractivity contribution in [3.63, 3.8) is 0 Å². The molecule has 0 aliphatic heterocycles. The number of hydrogen-bond donors (Lipinski definition) is 1. The molecule has 0 fully saturated rings. The predicted octanol–water partition coefficient (Wildman–Crippen LogP) is 2.37. The quantitative estimate of drug-likeness (QED) is 0.781. The third-order valence-corrected chi connectivity index (χ3v) is 2.77. The van der Waals surface area contributed by atoms with Crippen LogP contribution in [0.5, 0.6) is 0 Å². The highest BCUT2D eigenvalue weighted by molar-refractivity contribution is 9.10. The summed E-state index contributed by atoms with van der Waals surface area (Å²) >= 11 is 3.42. The van der Waals surface area contributed by atoms with Crippen LogP contribution in [0.15, 0.2) is 28.7 Å². The zero-order chi connectivity index (χ0) is 11.8. The van der Waals surface area contributed by atoms with Crippen molar-refractivity contribution in [1.82, 2.24) is 5.32 Å². The van der Waals surface area contributed by atoms with Crippen LogP contribution < -0.4 is 5.32 Å². The molecule has 16 heavy (non-hydrogen) atoms. The summed E-state index contributed by atoms with van der Waals surface area (Å²) in [5, 5.41) is 3.13. The van der Waals surface area contributed by atoms with Crippen LogP contribution >= 0.6 is 15.9 Å². The lowest BCUT2D eigenvalue weighted by Gasteiger charge is -2.18. The summed E-state index contributed by atoms with van der Waals surface area (Å²) in [7, 11) is 3.60. The maximum atomic E-state index is 5.75. The van der Waals surface area contributed by atoms with Crippen molar-refractivity contribution in [3.05, 3.63) is 34.3 Å². The molecule has 1 N–H and O–H groups in total. The largest absolute Gasteiger partial charge is 0.382 e. The Balaban J connectivity index is 2.57. The fourth-order valence-electron chi connectivity index (χ4n) is 1.41. The van der Waals surface area contributed by atoms with Gasteiger partial charge in [0.2, 0.25) is 0 Å². The van der Waals surface area contributed by atoms with Crippen molar-refractivity contribution >= 4 is 15.9 Å². The van der Waals surface area contributed by atoms with Gasteiger partial charge in [0, 0.05) is 18.1 Å². The molecule has 0 amide bonds. The second kappa shape index (κ2) is 7.79. The Kier molecular flexibility index (Phi) is 6.64. The van der Waals surface area contributed by atoms with E-state index in [9.17, 15) is 0 Å². The lowest BCUT2D eigenvalue weighted by atomic mass is 10.1. The van der Waals surface area contributed by atoms with E-state index in [0.29, 0.717) is 13.2 Å². The van der Waals surface area contributed by atoms with E-state index in [4.69, 9.17) is 9.47 Å². The molecule has 0 aliphatic rings. The van der Waals surface area contributed by atoms with Crippen LogP contribution in [0.2, 0.25) is 0 Å². The summed E-state index contributed by atoms with van der Waals surface area (Å²) in [5.74, 6) is 0. The molecule has 90 valence electrons. The molecule has 0 spiro atoms. The Morgan fingerprint density at radius 3 is 2.50 bits per heavy atom. The van der Waals surface area contributed by atoms with Gasteiger partial charge in [-0.1, -0.05) is 28.1 Å². The molecule has 0 aliphatic carbocycles. The van der Waals surface area contributed by atoms with Gasteiger partial charge in [-0.2, -0.15) is 0 Å². The SMILES string of the molecule is CNCC(OCCOC)c1ccc(Br)cc1. The molecule has 1 aromatic carbocycles. The van der Waals surface area contributed by atoms with Gasteiger partial charge in [-0.25, -0.2) is 0 Å². The first-order valence-corrected chi connectivity index (χ1v) is 6.08. The second-order valence-corrected chi connectivity index (χ2v) is 4.38. The Hall–Kier alpha value is -0.420. The van der Waals surface area contributed by atoms with Gasteiger partial charge < -0.3 is 14.8 Å². The summed E-state index contributed by atoms with van der Waals surface area (Å²) in [6.45, 7) is 2.03. The van der Waals surface area contributed by atoms with Gasteiger partial charge in [0.15, 0.2) is 0 Å². The number of halogens is 1. The van der Waals surface area contributed by atoms with E-state index in [1.807, 2.05) is 19.2 Å². The summed E-state index contributed by atoms with van der Waals surface area (Å²) in [5.41, 5.74) is 1.17. The molecule has 0 heterocycles. The Morgan fingerprint density at radius 2 is 1.94 bits per heavy atom. The molecule has 1 atom stereocenters. The average molecular weight is 288 g/mol. The Morgan fingerprint density at radius 1 is 1.25 bits per heavy atom. The third kappa shape index (κ3) is 4.61. The summed E-state index contributed by atoms with van der Waals surface area (Å²) in [6.07, 6.45) is 0.0771. The molecular formula is C12H18BrNO2. The minimum absolute atomic E-state index is 0.0771. The molecule has 1 rings (SSSR count). The maximum absolute atomic E-state index is 5.75. The number of methoxy groups -OCH3 is 1. The van der Waals surface area contributed by atoms with E-state index in [0.717, 1.165) is 11.0 Å². The van der Waals surface area contributed by atoms with Crippen molar-refractivity contribution in [2.75, 3.05) is 33.9 Å². The minimum Gasteiger partial charge on any atom is -0.382 e. The second-order valence-electron chi connectivity index (χ2n) is 3.46. The molecule has 0 aromatic heterocycles. The van der Waals surface area contributed by atoms with E-state index >= 15 is 0 Å². The fraction of sp³-hybridized carbons (Fsp3) is 0.500. The topological polar surface area (TPSA) is 30.5 Å². The van der Waals surface area contributed by atoms with E-state index in [-0.39, 0.29) is 6.10 Å². The molecular weight excluding hydrogens is 270 g/mol. The van der Waals surface area contributed by atoms with Crippen LogP contribution in [-0.4, -0.2) is 33.9 Å². The lowest BCUT2D eigenvalue weighted by Crippen LogP contribution is -2.21. The van der Waals surface area contributed by atoms with Crippen LogP contribution in [-0.2, 0) is 9.47 Å². The van der Waals surface area contributed by atoms with Crippen molar-refractivity contribution in [1.29, 1.82) is 0 Å². The van der Waals surface area contributed by atoms with Gasteiger partial charge in [0.05, 0.1) is 19.3 Å². The smallest absolute Gasteiger partial charge is 0.0950 e. The van der Waals surface area contributed by atoms with E-state index in [1.54, 1.807) is 7.11 Å².